The van der Waals surface area contributed by atoms with Gasteiger partial charge >= 0.3 is 5.69 Å². The number of fused-ring (bicyclic) bond motifs is 1. The first-order valence-electron chi connectivity index (χ1n) is 9.04. The predicted molar refractivity (Wildman–Crippen MR) is 110 cm³/mol. The molecule has 0 bridgehead atoms. The van der Waals surface area contributed by atoms with Gasteiger partial charge in [0.05, 0.1) is 36.1 Å². The fraction of sp³-hybridized carbons (Fsp3) is 0.333. The summed E-state index contributed by atoms with van der Waals surface area (Å²) in [6.07, 6.45) is 2.59. The maximum atomic E-state index is 12.4. The fourth-order valence-electron chi connectivity index (χ4n) is 2.78. The summed E-state index contributed by atoms with van der Waals surface area (Å²) in [5.41, 5.74) is -1.00. The maximum Gasteiger partial charge on any atom is 0.328 e. The second-order valence-corrected chi connectivity index (χ2v) is 8.43. The smallest absolute Gasteiger partial charge is 0.328 e. The minimum Gasteiger partial charge on any atom is -0.383 e. The Hall–Kier alpha value is -3.09. The molecule has 3 aromatic rings. The van der Waals surface area contributed by atoms with Crippen LogP contribution in [0.2, 0.25) is 0 Å². The maximum absolute atomic E-state index is 12.4. The number of sulfonamides is 1. The lowest BCUT2D eigenvalue weighted by Gasteiger charge is -2.10. The van der Waals surface area contributed by atoms with Gasteiger partial charge in [0.15, 0.2) is 0 Å². The van der Waals surface area contributed by atoms with Gasteiger partial charge in [-0.25, -0.2) is 22.9 Å². The first kappa shape index (κ1) is 21.6. The van der Waals surface area contributed by atoms with Gasteiger partial charge < -0.3 is 4.74 Å². The number of nitrogens with zero attached hydrogens (tertiary/aromatic N) is 3. The Kier molecular flexibility index (Phi) is 6.59. The fourth-order valence-corrected chi connectivity index (χ4v) is 3.74. The Labute approximate surface area is 171 Å². The Morgan fingerprint density at radius 2 is 1.90 bits per heavy atom. The molecule has 12 heteroatoms. The summed E-state index contributed by atoms with van der Waals surface area (Å²) in [6.45, 7) is 0.0703. The van der Waals surface area contributed by atoms with Crippen molar-refractivity contribution in [3.05, 3.63) is 73.5 Å². The Bertz CT molecular complexity index is 1330. The second kappa shape index (κ2) is 9.15. The zero-order chi connectivity index (χ0) is 21.7. The molecular formula is C18H21N5O6S. The molecule has 0 aliphatic carbocycles. The van der Waals surface area contributed by atoms with Gasteiger partial charge in [0.25, 0.3) is 11.1 Å². The third-order valence-electron chi connectivity index (χ3n) is 4.44. The summed E-state index contributed by atoms with van der Waals surface area (Å²) in [5.74, 6) is -0.381. The van der Waals surface area contributed by atoms with Crippen molar-refractivity contribution in [3.8, 4) is 0 Å². The Morgan fingerprint density at radius 3 is 2.67 bits per heavy atom. The highest BCUT2D eigenvalue weighted by Crippen LogP contribution is 2.04. The highest BCUT2D eigenvalue weighted by Gasteiger charge is 2.14. The molecule has 0 spiro atoms. The zero-order valence-electron chi connectivity index (χ0n) is 16.2. The monoisotopic (exact) mass is 435 g/mol. The van der Waals surface area contributed by atoms with E-state index in [4.69, 9.17) is 4.74 Å². The molecule has 0 saturated heterocycles. The highest BCUT2D eigenvalue weighted by molar-refractivity contribution is 7.89. The van der Waals surface area contributed by atoms with Crippen molar-refractivity contribution in [2.45, 2.75) is 19.6 Å². The molecular weight excluding hydrogens is 414 g/mol. The second-order valence-electron chi connectivity index (χ2n) is 6.50. The number of aryl methyl sites for hydroxylation is 1. The number of ether oxygens (including phenoxy) is 1. The van der Waals surface area contributed by atoms with Crippen molar-refractivity contribution in [1.29, 1.82) is 0 Å². The van der Waals surface area contributed by atoms with Crippen LogP contribution < -0.4 is 21.5 Å². The average Bonchev–Trinajstić information content (AvgIpc) is 2.72. The van der Waals surface area contributed by atoms with E-state index in [1.807, 2.05) is 0 Å². The normalized spacial score (nSPS) is 11.8. The largest absolute Gasteiger partial charge is 0.383 e. The standard InChI is InChI=1S/C18H21N5O6S/c1-29-8-6-22-11-13(16(24)21-18(22)26)10-20-30(27,28)9-7-23-12-19-15-5-3-2-4-14(15)17(23)25/h2-5,11-12,20H,6-10H2,1H3,(H,21,24,26). The number of nitrogens with one attached hydrogen (secondary N) is 2. The SMILES string of the molecule is COCCn1cc(CNS(=O)(=O)CCn2cnc3ccccc3c2=O)c(=O)[nH]c1=O. The quantitative estimate of drug-likeness (QED) is 0.439. The van der Waals surface area contributed by atoms with Crippen LogP contribution in [-0.4, -0.2) is 47.0 Å². The van der Waals surface area contributed by atoms with E-state index >= 15 is 0 Å². The number of hydrogen-bond donors (Lipinski definition) is 2. The number of hydrogen-bond acceptors (Lipinski definition) is 7. The number of aromatic nitrogens is 4. The van der Waals surface area contributed by atoms with Crippen molar-refractivity contribution < 1.29 is 13.2 Å². The van der Waals surface area contributed by atoms with Crippen LogP contribution in [0.15, 0.2) is 51.2 Å². The molecule has 3 rings (SSSR count). The summed E-state index contributed by atoms with van der Waals surface area (Å²) < 4.78 is 34.3. The summed E-state index contributed by atoms with van der Waals surface area (Å²) in [7, 11) is -2.33. The number of H-pyrrole nitrogens is 1. The van der Waals surface area contributed by atoms with Crippen LogP contribution in [0.3, 0.4) is 0 Å². The Morgan fingerprint density at radius 1 is 1.13 bits per heavy atom. The molecule has 11 nitrogen and oxygen atoms in total. The van der Waals surface area contributed by atoms with Crippen molar-refractivity contribution in [2.75, 3.05) is 19.5 Å². The van der Waals surface area contributed by atoms with E-state index in [0.29, 0.717) is 10.9 Å². The van der Waals surface area contributed by atoms with Gasteiger partial charge in [-0.05, 0) is 12.1 Å². The first-order valence-corrected chi connectivity index (χ1v) is 10.7. The molecule has 1 aromatic carbocycles. The van der Waals surface area contributed by atoms with Crippen LogP contribution in [0.25, 0.3) is 10.9 Å². The van der Waals surface area contributed by atoms with E-state index in [2.05, 4.69) is 14.7 Å². The molecule has 2 N–H and O–H groups in total. The average molecular weight is 435 g/mol. The molecule has 2 heterocycles. The Balaban J connectivity index is 1.69. The topological polar surface area (TPSA) is 145 Å². The number of benzene rings is 1. The van der Waals surface area contributed by atoms with Crippen molar-refractivity contribution in [2.24, 2.45) is 0 Å². The number of rotatable bonds is 9. The molecule has 0 radical (unpaired) electrons. The van der Waals surface area contributed by atoms with Crippen molar-refractivity contribution in [1.82, 2.24) is 23.8 Å². The molecule has 30 heavy (non-hydrogen) atoms. The minimum absolute atomic E-state index is 0.0822. The molecule has 0 aliphatic rings. The van der Waals surface area contributed by atoms with Crippen LogP contribution in [0, 0.1) is 0 Å². The zero-order valence-corrected chi connectivity index (χ0v) is 17.0. The van der Waals surface area contributed by atoms with Crippen LogP contribution >= 0.6 is 0 Å². The lowest BCUT2D eigenvalue weighted by molar-refractivity contribution is 0.185. The van der Waals surface area contributed by atoms with Gasteiger partial charge in [0.2, 0.25) is 10.0 Å². The lowest BCUT2D eigenvalue weighted by Crippen LogP contribution is -2.36. The lowest BCUT2D eigenvalue weighted by atomic mass is 10.2. The van der Waals surface area contributed by atoms with E-state index in [-0.39, 0.29) is 43.1 Å². The van der Waals surface area contributed by atoms with Gasteiger partial charge in [-0.2, -0.15) is 0 Å². The van der Waals surface area contributed by atoms with Gasteiger partial charge in [-0.3, -0.25) is 23.7 Å². The number of methoxy groups -OCH3 is 1. The molecule has 0 aliphatic heterocycles. The molecule has 160 valence electrons. The van der Waals surface area contributed by atoms with Crippen LogP contribution in [0.5, 0.6) is 0 Å². The molecule has 0 amide bonds. The van der Waals surface area contributed by atoms with E-state index in [1.165, 1.54) is 28.8 Å². The van der Waals surface area contributed by atoms with Crippen LogP contribution in [-0.2, 0) is 34.4 Å². The summed E-state index contributed by atoms with van der Waals surface area (Å²) in [4.78, 5) is 42.4. The molecule has 0 atom stereocenters. The third-order valence-corrected chi connectivity index (χ3v) is 5.74. The molecule has 2 aromatic heterocycles. The molecule has 0 saturated carbocycles. The van der Waals surface area contributed by atoms with E-state index in [0.717, 1.165) is 0 Å². The summed E-state index contributed by atoms with van der Waals surface area (Å²) in [5, 5.41) is 0.398. The first-order chi connectivity index (χ1) is 14.3. The van der Waals surface area contributed by atoms with E-state index in [9.17, 15) is 22.8 Å². The van der Waals surface area contributed by atoms with E-state index < -0.39 is 21.3 Å². The van der Waals surface area contributed by atoms with Gasteiger partial charge in [-0.1, -0.05) is 12.1 Å². The summed E-state index contributed by atoms with van der Waals surface area (Å²) >= 11 is 0. The number of aromatic amines is 1. The van der Waals surface area contributed by atoms with Crippen molar-refractivity contribution in [3.63, 3.8) is 0 Å². The minimum atomic E-state index is -3.81. The van der Waals surface area contributed by atoms with Gasteiger partial charge in [0.1, 0.15) is 0 Å². The van der Waals surface area contributed by atoms with Crippen LogP contribution in [0.1, 0.15) is 5.56 Å². The summed E-state index contributed by atoms with van der Waals surface area (Å²) in [6, 6.07) is 6.78. The molecule has 0 fully saturated rings. The molecule has 0 unspecified atom stereocenters. The van der Waals surface area contributed by atoms with Crippen molar-refractivity contribution >= 4 is 20.9 Å². The third kappa shape index (κ3) is 5.09. The highest BCUT2D eigenvalue weighted by atomic mass is 32.2. The van der Waals surface area contributed by atoms with Gasteiger partial charge in [-0.15, -0.1) is 0 Å². The predicted octanol–water partition coefficient (Wildman–Crippen LogP) is -0.987. The van der Waals surface area contributed by atoms with E-state index in [1.54, 1.807) is 24.3 Å². The van der Waals surface area contributed by atoms with Gasteiger partial charge in [0, 0.05) is 32.0 Å². The van der Waals surface area contributed by atoms with Crippen LogP contribution in [0.4, 0.5) is 0 Å². The number of para-hydroxylation sites is 1.